The first kappa shape index (κ1) is 33.2. The van der Waals surface area contributed by atoms with E-state index >= 15 is 0 Å². The lowest BCUT2D eigenvalue weighted by atomic mass is 10.1. The number of halogens is 3. The molecule has 5 aromatic rings. The number of fused-ring (bicyclic) bond motifs is 2. The molecule has 2 amide bonds. The molecule has 252 valence electrons. The highest BCUT2D eigenvalue weighted by Gasteiger charge is 2.32. The number of benzene rings is 3. The molecule has 11 nitrogen and oxygen atoms in total. The number of carbonyl (C=O) groups is 1. The van der Waals surface area contributed by atoms with Gasteiger partial charge in [-0.2, -0.15) is 13.2 Å². The number of nitrogens with zero attached hydrogens (tertiary/aromatic N) is 5. The average Bonchev–Trinajstić information content (AvgIpc) is 3.45. The summed E-state index contributed by atoms with van der Waals surface area (Å²) in [6, 6.07) is 12.2. The predicted molar refractivity (Wildman–Crippen MR) is 182 cm³/mol. The maximum atomic E-state index is 13.3. The molecule has 2 aromatic heterocycles. The summed E-state index contributed by atoms with van der Waals surface area (Å²) < 4.78 is 52.4. The summed E-state index contributed by atoms with van der Waals surface area (Å²) in [5, 5.41) is 9.40. The Bertz CT molecular complexity index is 1930. The number of piperazine rings is 1. The van der Waals surface area contributed by atoms with Crippen molar-refractivity contribution in [3.63, 3.8) is 0 Å². The van der Waals surface area contributed by atoms with Gasteiger partial charge in [0.05, 0.1) is 35.0 Å². The summed E-state index contributed by atoms with van der Waals surface area (Å²) in [5.74, 6) is 1.75. The monoisotopic (exact) mass is 680 g/mol. The van der Waals surface area contributed by atoms with E-state index in [0.29, 0.717) is 40.6 Å². The van der Waals surface area contributed by atoms with E-state index in [9.17, 15) is 18.0 Å². The molecule has 48 heavy (non-hydrogen) atoms. The van der Waals surface area contributed by atoms with E-state index in [-0.39, 0.29) is 16.4 Å². The Morgan fingerprint density at radius 1 is 0.958 bits per heavy atom. The van der Waals surface area contributed by atoms with Gasteiger partial charge < -0.3 is 29.9 Å². The maximum Gasteiger partial charge on any atom is 0.416 e. The SMILES string of the molecule is COc1cc2c(Nc3ccc4sc(NC(=O)Nc5ccc(C)c(C(F)(F)F)c5)nc4c3)ncnc2cc1OCCCN1CCN(C)CC1. The number of hydrogen-bond acceptors (Lipinski definition) is 10. The molecule has 0 aliphatic carbocycles. The molecule has 3 aromatic carbocycles. The number of thiazole rings is 1. The topological polar surface area (TPSA) is 117 Å². The van der Waals surface area contributed by atoms with E-state index in [4.69, 9.17) is 9.47 Å². The lowest BCUT2D eigenvalue weighted by Gasteiger charge is -2.32. The zero-order valence-corrected chi connectivity index (χ0v) is 27.5. The Kier molecular flexibility index (Phi) is 9.80. The summed E-state index contributed by atoms with van der Waals surface area (Å²) in [6.45, 7) is 7.20. The minimum atomic E-state index is -4.52. The van der Waals surface area contributed by atoms with Crippen LogP contribution in [0.25, 0.3) is 21.1 Å². The van der Waals surface area contributed by atoms with Gasteiger partial charge in [0.2, 0.25) is 0 Å². The van der Waals surface area contributed by atoms with Gasteiger partial charge in [-0.1, -0.05) is 17.4 Å². The van der Waals surface area contributed by atoms with Crippen LogP contribution in [0.2, 0.25) is 0 Å². The Morgan fingerprint density at radius 2 is 1.75 bits per heavy atom. The van der Waals surface area contributed by atoms with Crippen molar-refractivity contribution >= 4 is 60.8 Å². The molecule has 1 aliphatic heterocycles. The minimum Gasteiger partial charge on any atom is -0.493 e. The fraction of sp³-hybridized carbons (Fsp3) is 0.333. The van der Waals surface area contributed by atoms with Gasteiger partial charge in [-0.05, 0) is 62.4 Å². The van der Waals surface area contributed by atoms with E-state index in [1.807, 2.05) is 30.3 Å². The second kappa shape index (κ2) is 14.2. The number of aromatic nitrogens is 3. The van der Waals surface area contributed by atoms with Crippen LogP contribution in [-0.2, 0) is 6.18 Å². The highest BCUT2D eigenvalue weighted by Crippen LogP contribution is 2.36. The quantitative estimate of drug-likeness (QED) is 0.134. The Balaban J connectivity index is 1.11. The number of amides is 2. The number of anilines is 4. The maximum absolute atomic E-state index is 13.3. The molecule has 0 radical (unpaired) electrons. The smallest absolute Gasteiger partial charge is 0.416 e. The van der Waals surface area contributed by atoms with Crippen molar-refractivity contribution in [3.8, 4) is 11.5 Å². The molecule has 1 fully saturated rings. The van der Waals surface area contributed by atoms with Crippen LogP contribution in [0.4, 0.5) is 40.3 Å². The minimum absolute atomic E-state index is 0.0200. The molecule has 1 saturated heterocycles. The van der Waals surface area contributed by atoms with E-state index in [1.165, 1.54) is 36.7 Å². The third-order valence-corrected chi connectivity index (χ3v) is 9.02. The predicted octanol–water partition coefficient (Wildman–Crippen LogP) is 6.98. The van der Waals surface area contributed by atoms with E-state index in [1.54, 1.807) is 7.11 Å². The van der Waals surface area contributed by atoms with Crippen LogP contribution in [0.15, 0.2) is 54.9 Å². The number of rotatable bonds is 10. The first-order valence-electron chi connectivity index (χ1n) is 15.4. The number of likely N-dealkylation sites (N-methyl/N-ethyl adjacent to an activating group) is 1. The number of urea groups is 1. The van der Waals surface area contributed by atoms with Crippen LogP contribution in [0.1, 0.15) is 17.5 Å². The summed E-state index contributed by atoms with van der Waals surface area (Å²) >= 11 is 1.23. The molecule has 0 bridgehead atoms. The first-order valence-corrected chi connectivity index (χ1v) is 16.2. The lowest BCUT2D eigenvalue weighted by molar-refractivity contribution is -0.138. The molecule has 0 spiro atoms. The van der Waals surface area contributed by atoms with Crippen molar-refractivity contribution in [1.29, 1.82) is 0 Å². The second-order valence-corrected chi connectivity index (χ2v) is 12.6. The van der Waals surface area contributed by atoms with E-state index in [0.717, 1.165) is 55.3 Å². The lowest BCUT2D eigenvalue weighted by Crippen LogP contribution is -2.44. The molecular formula is C33H35F3N8O3S. The van der Waals surface area contributed by atoms with Gasteiger partial charge in [0, 0.05) is 55.6 Å². The molecule has 3 heterocycles. The zero-order valence-electron chi connectivity index (χ0n) is 26.6. The Labute approximate surface area is 279 Å². The van der Waals surface area contributed by atoms with Crippen molar-refractivity contribution in [2.75, 3.05) is 69.4 Å². The van der Waals surface area contributed by atoms with Crippen molar-refractivity contribution < 1.29 is 27.4 Å². The summed E-state index contributed by atoms with van der Waals surface area (Å²) in [4.78, 5) is 30.8. The molecule has 15 heteroatoms. The van der Waals surface area contributed by atoms with Crippen LogP contribution in [0.5, 0.6) is 11.5 Å². The fourth-order valence-corrected chi connectivity index (χ4v) is 6.28. The summed E-state index contributed by atoms with van der Waals surface area (Å²) in [5.41, 5.74) is 1.28. The van der Waals surface area contributed by atoms with Gasteiger partial charge in [0.1, 0.15) is 12.1 Å². The van der Waals surface area contributed by atoms with Gasteiger partial charge in [-0.25, -0.2) is 19.7 Å². The van der Waals surface area contributed by atoms with E-state index < -0.39 is 17.8 Å². The molecular weight excluding hydrogens is 645 g/mol. The Hall–Kier alpha value is -4.73. The normalized spacial score (nSPS) is 14.3. The standard InChI is InChI=1S/C33H35F3N8O3S/c1-20-5-6-21(15-24(20)33(34,35)36)40-31(45)42-32-41-26-16-22(7-8-29(26)48-32)39-30-23-17-27(46-3)28(18-25(23)37-19-38-30)47-14-4-9-44-12-10-43(2)11-13-44/h5-8,15-19H,4,9-14H2,1-3H3,(H,37,38,39)(H2,40,41,42,45). The summed E-state index contributed by atoms with van der Waals surface area (Å²) in [7, 11) is 3.74. The second-order valence-electron chi connectivity index (χ2n) is 11.5. The van der Waals surface area contributed by atoms with Gasteiger partial charge >= 0.3 is 12.2 Å². The molecule has 3 N–H and O–H groups in total. The third kappa shape index (κ3) is 7.86. The van der Waals surface area contributed by atoms with Crippen LogP contribution < -0.4 is 25.4 Å². The van der Waals surface area contributed by atoms with Crippen molar-refractivity contribution in [1.82, 2.24) is 24.8 Å². The molecule has 1 aliphatic rings. The zero-order chi connectivity index (χ0) is 33.8. The number of aryl methyl sites for hydroxylation is 1. The van der Waals surface area contributed by atoms with Crippen molar-refractivity contribution in [3.05, 3.63) is 66.0 Å². The summed E-state index contributed by atoms with van der Waals surface area (Å²) in [6.07, 6.45) is -2.15. The number of nitrogens with one attached hydrogen (secondary N) is 3. The number of alkyl halides is 3. The average molecular weight is 681 g/mol. The third-order valence-electron chi connectivity index (χ3n) is 8.06. The number of hydrogen-bond donors (Lipinski definition) is 3. The van der Waals surface area contributed by atoms with Crippen molar-refractivity contribution in [2.45, 2.75) is 19.5 Å². The number of methoxy groups -OCH3 is 1. The van der Waals surface area contributed by atoms with Crippen molar-refractivity contribution in [2.24, 2.45) is 0 Å². The fourth-order valence-electron chi connectivity index (χ4n) is 5.44. The highest BCUT2D eigenvalue weighted by atomic mass is 32.1. The highest BCUT2D eigenvalue weighted by molar-refractivity contribution is 7.22. The van der Waals surface area contributed by atoms with Gasteiger partial charge in [-0.15, -0.1) is 0 Å². The number of carbonyl (C=O) groups excluding carboxylic acids is 1. The molecule has 0 saturated carbocycles. The number of ether oxygens (including phenoxy) is 2. The van der Waals surface area contributed by atoms with Crippen LogP contribution in [0, 0.1) is 6.92 Å². The Morgan fingerprint density at radius 3 is 2.52 bits per heavy atom. The van der Waals surface area contributed by atoms with Gasteiger partial charge in [0.15, 0.2) is 16.6 Å². The molecule has 0 unspecified atom stereocenters. The first-order chi connectivity index (χ1) is 23.1. The van der Waals surface area contributed by atoms with Crippen LogP contribution >= 0.6 is 11.3 Å². The van der Waals surface area contributed by atoms with Gasteiger partial charge in [0.25, 0.3) is 0 Å². The molecule has 0 atom stereocenters. The van der Waals surface area contributed by atoms with E-state index in [2.05, 4.69) is 47.7 Å². The van der Waals surface area contributed by atoms with Crippen LogP contribution in [0.3, 0.4) is 0 Å². The molecule has 6 rings (SSSR count). The van der Waals surface area contributed by atoms with Gasteiger partial charge in [-0.3, -0.25) is 5.32 Å². The largest absolute Gasteiger partial charge is 0.493 e. The van der Waals surface area contributed by atoms with Crippen LogP contribution in [-0.4, -0.2) is 84.3 Å².